The molecule has 2 aromatic heterocycles. The van der Waals surface area contributed by atoms with Crippen molar-refractivity contribution in [3.05, 3.63) is 33.5 Å². The van der Waals surface area contributed by atoms with E-state index in [-0.39, 0.29) is 12.3 Å². The number of fused-ring (bicyclic) bond motifs is 1. The van der Waals surface area contributed by atoms with E-state index in [1.54, 1.807) is 25.4 Å². The Kier molecular flexibility index (Phi) is 4.98. The summed E-state index contributed by atoms with van der Waals surface area (Å²) < 4.78 is 1.93. The summed E-state index contributed by atoms with van der Waals surface area (Å²) in [6, 6.07) is 1.91. The second kappa shape index (κ2) is 7.00. The van der Waals surface area contributed by atoms with Crippen LogP contribution in [0.1, 0.15) is 34.5 Å². The lowest BCUT2D eigenvalue weighted by Gasteiger charge is -2.26. The minimum atomic E-state index is -0.854. The molecule has 1 aliphatic heterocycles. The highest BCUT2D eigenvalue weighted by Crippen LogP contribution is 2.22. The van der Waals surface area contributed by atoms with Crippen molar-refractivity contribution in [2.24, 2.45) is 0 Å². The maximum absolute atomic E-state index is 11.7. The number of aliphatic hydroxyl groups is 1. The number of aryl methyl sites for hydroxylation is 1. The Labute approximate surface area is 145 Å². The van der Waals surface area contributed by atoms with E-state index >= 15 is 0 Å². The summed E-state index contributed by atoms with van der Waals surface area (Å²) in [5.41, 5.74) is 4.66. The van der Waals surface area contributed by atoms with Crippen LogP contribution in [0.25, 0.3) is 0 Å². The standard InChI is InChI=1S/C16H23N5O2S/c1-11-14(17-10-24-11)9-20-4-5-21-12(8-20)6-13(18-21)15(22)7-16(23)19(2)3/h6,10,15,22H,4-5,7-9H2,1-3H3/t15-/m0/s1. The predicted octanol–water partition coefficient (Wildman–Crippen LogP) is 1.18. The third-order valence-electron chi connectivity index (χ3n) is 4.32. The zero-order valence-electron chi connectivity index (χ0n) is 14.3. The Hall–Kier alpha value is -1.77. The normalized spacial score (nSPS) is 16.0. The second-order valence-corrected chi connectivity index (χ2v) is 7.42. The average molecular weight is 349 g/mol. The van der Waals surface area contributed by atoms with Gasteiger partial charge < -0.3 is 10.0 Å². The first kappa shape index (κ1) is 17.1. The number of hydrogen-bond donors (Lipinski definition) is 1. The summed E-state index contributed by atoms with van der Waals surface area (Å²) in [5, 5.41) is 14.7. The van der Waals surface area contributed by atoms with Crippen molar-refractivity contribution < 1.29 is 9.90 Å². The summed E-state index contributed by atoms with van der Waals surface area (Å²) in [6.45, 7) is 5.39. The number of nitrogens with zero attached hydrogens (tertiary/aromatic N) is 5. The molecule has 3 heterocycles. The number of aliphatic hydroxyl groups excluding tert-OH is 1. The highest BCUT2D eigenvalue weighted by Gasteiger charge is 2.23. The number of hydrogen-bond acceptors (Lipinski definition) is 6. The number of thiazole rings is 1. The molecular weight excluding hydrogens is 326 g/mol. The van der Waals surface area contributed by atoms with Crippen LogP contribution < -0.4 is 0 Å². The van der Waals surface area contributed by atoms with Crippen molar-refractivity contribution in [1.29, 1.82) is 0 Å². The van der Waals surface area contributed by atoms with Gasteiger partial charge >= 0.3 is 0 Å². The molecule has 0 saturated carbocycles. The van der Waals surface area contributed by atoms with Gasteiger partial charge in [-0.15, -0.1) is 11.3 Å². The van der Waals surface area contributed by atoms with Crippen LogP contribution in [-0.2, 0) is 24.4 Å². The molecule has 1 aliphatic rings. The first-order valence-electron chi connectivity index (χ1n) is 8.00. The van der Waals surface area contributed by atoms with Gasteiger partial charge in [0.2, 0.25) is 5.91 Å². The van der Waals surface area contributed by atoms with Crippen LogP contribution in [0.5, 0.6) is 0 Å². The number of aromatic nitrogens is 3. The van der Waals surface area contributed by atoms with Crippen molar-refractivity contribution in [2.75, 3.05) is 20.6 Å². The van der Waals surface area contributed by atoms with Gasteiger partial charge in [-0.05, 0) is 13.0 Å². The average Bonchev–Trinajstić information content (AvgIpc) is 3.13. The molecule has 0 unspecified atom stereocenters. The van der Waals surface area contributed by atoms with E-state index in [1.165, 1.54) is 9.78 Å². The third kappa shape index (κ3) is 3.66. The monoisotopic (exact) mass is 349 g/mol. The molecule has 0 aromatic carbocycles. The molecule has 1 amide bonds. The Morgan fingerprint density at radius 3 is 2.92 bits per heavy atom. The van der Waals surface area contributed by atoms with Gasteiger partial charge in [-0.2, -0.15) is 5.10 Å². The van der Waals surface area contributed by atoms with Crippen molar-refractivity contribution in [3.8, 4) is 0 Å². The molecule has 8 heteroatoms. The Morgan fingerprint density at radius 2 is 2.25 bits per heavy atom. The van der Waals surface area contributed by atoms with Crippen LogP contribution >= 0.6 is 11.3 Å². The number of carbonyl (C=O) groups excluding carboxylic acids is 1. The molecule has 7 nitrogen and oxygen atoms in total. The fourth-order valence-electron chi connectivity index (χ4n) is 2.79. The fourth-order valence-corrected chi connectivity index (χ4v) is 3.38. The molecule has 3 rings (SSSR count). The third-order valence-corrected chi connectivity index (χ3v) is 5.12. The van der Waals surface area contributed by atoms with Crippen molar-refractivity contribution in [3.63, 3.8) is 0 Å². The quantitative estimate of drug-likeness (QED) is 0.877. The summed E-state index contributed by atoms with van der Waals surface area (Å²) in [4.78, 5) is 21.2. The number of rotatable bonds is 5. The first-order valence-corrected chi connectivity index (χ1v) is 8.88. The molecule has 1 N–H and O–H groups in total. The predicted molar refractivity (Wildman–Crippen MR) is 91.5 cm³/mol. The lowest BCUT2D eigenvalue weighted by atomic mass is 10.1. The zero-order valence-corrected chi connectivity index (χ0v) is 15.1. The van der Waals surface area contributed by atoms with Crippen LogP contribution in [0.3, 0.4) is 0 Å². The Morgan fingerprint density at radius 1 is 1.46 bits per heavy atom. The van der Waals surface area contributed by atoms with Crippen LogP contribution in [-0.4, -0.2) is 56.2 Å². The molecule has 2 aromatic rings. The molecule has 0 fully saturated rings. The molecule has 0 radical (unpaired) electrons. The minimum absolute atomic E-state index is 0.0607. The van der Waals surface area contributed by atoms with Gasteiger partial charge in [0.1, 0.15) is 6.10 Å². The number of amides is 1. The van der Waals surface area contributed by atoms with E-state index in [9.17, 15) is 9.90 Å². The topological polar surface area (TPSA) is 74.5 Å². The molecule has 24 heavy (non-hydrogen) atoms. The lowest BCUT2D eigenvalue weighted by Crippen LogP contribution is -2.33. The first-order chi connectivity index (χ1) is 11.4. The maximum atomic E-state index is 11.7. The Balaban J connectivity index is 1.66. The van der Waals surface area contributed by atoms with Gasteiger partial charge in [0.05, 0.1) is 35.6 Å². The summed E-state index contributed by atoms with van der Waals surface area (Å²) in [7, 11) is 3.37. The van der Waals surface area contributed by atoms with Crippen LogP contribution in [0.4, 0.5) is 0 Å². The lowest BCUT2D eigenvalue weighted by molar-refractivity contribution is -0.130. The van der Waals surface area contributed by atoms with Crippen LogP contribution in [0.15, 0.2) is 11.6 Å². The van der Waals surface area contributed by atoms with E-state index in [1.807, 2.05) is 16.3 Å². The van der Waals surface area contributed by atoms with Gasteiger partial charge in [0.25, 0.3) is 0 Å². The summed E-state index contributed by atoms with van der Waals surface area (Å²) in [6.07, 6.45) is -0.794. The van der Waals surface area contributed by atoms with Gasteiger partial charge in [-0.1, -0.05) is 0 Å². The largest absolute Gasteiger partial charge is 0.386 e. The van der Waals surface area contributed by atoms with E-state index in [2.05, 4.69) is 21.9 Å². The second-order valence-electron chi connectivity index (χ2n) is 6.36. The minimum Gasteiger partial charge on any atom is -0.386 e. The van der Waals surface area contributed by atoms with Crippen molar-refractivity contribution in [1.82, 2.24) is 24.6 Å². The van der Waals surface area contributed by atoms with Gasteiger partial charge in [0, 0.05) is 38.6 Å². The zero-order chi connectivity index (χ0) is 17.3. The highest BCUT2D eigenvalue weighted by molar-refractivity contribution is 7.09. The van der Waals surface area contributed by atoms with Gasteiger partial charge in [-0.25, -0.2) is 4.98 Å². The summed E-state index contributed by atoms with van der Waals surface area (Å²) in [5.74, 6) is -0.103. The van der Waals surface area contributed by atoms with Crippen molar-refractivity contribution >= 4 is 17.2 Å². The van der Waals surface area contributed by atoms with E-state index < -0.39 is 6.10 Å². The molecule has 1 atom stereocenters. The van der Waals surface area contributed by atoms with Gasteiger partial charge in [-0.3, -0.25) is 14.4 Å². The Bertz CT molecular complexity index is 724. The van der Waals surface area contributed by atoms with Gasteiger partial charge in [0.15, 0.2) is 0 Å². The molecule has 0 saturated heterocycles. The van der Waals surface area contributed by atoms with Crippen molar-refractivity contribution in [2.45, 2.75) is 39.1 Å². The molecule has 0 spiro atoms. The molecular formula is C16H23N5O2S. The SMILES string of the molecule is Cc1scnc1CN1CCn2nc([C@@H](O)CC(=O)N(C)C)cc2C1. The molecule has 130 valence electrons. The van der Waals surface area contributed by atoms with E-state index in [0.29, 0.717) is 5.69 Å². The van der Waals surface area contributed by atoms with Crippen LogP contribution in [0, 0.1) is 6.92 Å². The van der Waals surface area contributed by atoms with Crippen LogP contribution in [0.2, 0.25) is 0 Å². The van der Waals surface area contributed by atoms with E-state index in [0.717, 1.165) is 37.6 Å². The van der Waals surface area contributed by atoms with E-state index in [4.69, 9.17) is 0 Å². The smallest absolute Gasteiger partial charge is 0.225 e. The fraction of sp³-hybridized carbons (Fsp3) is 0.562. The highest BCUT2D eigenvalue weighted by atomic mass is 32.1. The summed E-state index contributed by atoms with van der Waals surface area (Å²) >= 11 is 1.67. The maximum Gasteiger partial charge on any atom is 0.225 e. The molecule has 0 bridgehead atoms. The number of carbonyl (C=O) groups is 1. The molecule has 0 aliphatic carbocycles.